The number of thioether (sulfide) groups is 1. The summed E-state index contributed by atoms with van der Waals surface area (Å²) in [5.41, 5.74) is 0. The molecule has 1 fully saturated rings. The molecular weight excluding hydrogens is 226 g/mol. The highest BCUT2D eigenvalue weighted by Crippen LogP contribution is 2.23. The van der Waals surface area contributed by atoms with Crippen LogP contribution in [0.25, 0.3) is 0 Å². The number of β-amino-alcohol motifs (C(OH)–C–C–N with tert-alkyl or cyclic N) is 1. The van der Waals surface area contributed by atoms with Gasteiger partial charge in [-0.3, -0.25) is 0 Å². The largest absolute Gasteiger partial charge is 0.392 e. The number of hydrogen-bond acceptors (Lipinski definition) is 6. The third-order valence-corrected chi connectivity index (χ3v) is 3.53. The van der Waals surface area contributed by atoms with Crippen LogP contribution < -0.4 is 5.32 Å². The van der Waals surface area contributed by atoms with E-state index in [2.05, 4.69) is 29.3 Å². The lowest BCUT2D eigenvalue weighted by Crippen LogP contribution is -2.15. The molecule has 1 aromatic rings. The first kappa shape index (κ1) is 11.9. The molecule has 2 rings (SSSR count). The van der Waals surface area contributed by atoms with Gasteiger partial charge in [0.15, 0.2) is 5.82 Å². The molecule has 1 unspecified atom stereocenters. The molecule has 5 nitrogen and oxygen atoms in total. The molecule has 1 saturated heterocycles. The number of aliphatic hydroxyl groups is 1. The molecule has 6 heteroatoms. The number of aromatic nitrogens is 2. The Labute approximate surface area is 99.0 Å². The van der Waals surface area contributed by atoms with Crippen molar-refractivity contribution in [3.8, 4) is 0 Å². The zero-order chi connectivity index (χ0) is 11.5. The molecule has 0 saturated carbocycles. The molecule has 16 heavy (non-hydrogen) atoms. The molecule has 2 heterocycles. The van der Waals surface area contributed by atoms with Gasteiger partial charge in [-0.25, -0.2) is 0 Å². The van der Waals surface area contributed by atoms with E-state index < -0.39 is 0 Å². The molecule has 90 valence electrons. The van der Waals surface area contributed by atoms with E-state index in [1.165, 1.54) is 0 Å². The third kappa shape index (κ3) is 2.96. The van der Waals surface area contributed by atoms with Crippen molar-refractivity contribution >= 4 is 11.8 Å². The highest BCUT2D eigenvalue weighted by atomic mass is 32.2. The van der Waals surface area contributed by atoms with Gasteiger partial charge in [-0.05, 0) is 11.7 Å². The van der Waals surface area contributed by atoms with Gasteiger partial charge >= 0.3 is 0 Å². The van der Waals surface area contributed by atoms with E-state index in [-0.39, 0.29) is 12.1 Å². The van der Waals surface area contributed by atoms with Crippen LogP contribution in [0.3, 0.4) is 0 Å². The lowest BCUT2D eigenvalue weighted by Gasteiger charge is -2.02. The predicted octanol–water partition coefficient (Wildman–Crippen LogP) is 1.11. The van der Waals surface area contributed by atoms with Crippen molar-refractivity contribution in [2.45, 2.75) is 43.4 Å². The van der Waals surface area contributed by atoms with Crippen LogP contribution in [0.15, 0.2) is 4.52 Å². The Morgan fingerprint density at radius 1 is 1.62 bits per heavy atom. The van der Waals surface area contributed by atoms with Gasteiger partial charge in [0.05, 0.1) is 17.9 Å². The summed E-state index contributed by atoms with van der Waals surface area (Å²) in [6.45, 7) is 4.88. The number of aliphatic hydroxyl groups excluding tert-OH is 1. The summed E-state index contributed by atoms with van der Waals surface area (Å²) in [6, 6.07) is 0.0142. The van der Waals surface area contributed by atoms with Gasteiger partial charge in [-0.2, -0.15) is 16.7 Å². The molecule has 2 atom stereocenters. The van der Waals surface area contributed by atoms with E-state index >= 15 is 0 Å². The Balaban J connectivity index is 1.91. The number of nitrogens with zero attached hydrogens (tertiary/aromatic N) is 2. The summed E-state index contributed by atoms with van der Waals surface area (Å²) >= 11 is 1.79. The van der Waals surface area contributed by atoms with E-state index in [4.69, 9.17) is 4.52 Å². The van der Waals surface area contributed by atoms with Crippen molar-refractivity contribution in [3.63, 3.8) is 0 Å². The minimum Gasteiger partial charge on any atom is -0.392 e. The van der Waals surface area contributed by atoms with Gasteiger partial charge in [-0.15, -0.1) is 0 Å². The average Bonchev–Trinajstić information content (AvgIpc) is 2.83. The molecule has 2 N–H and O–H groups in total. The van der Waals surface area contributed by atoms with Gasteiger partial charge < -0.3 is 14.9 Å². The molecule has 0 radical (unpaired) electrons. The maximum atomic E-state index is 9.39. The topological polar surface area (TPSA) is 71.2 Å². The first-order valence-corrected chi connectivity index (χ1v) is 6.55. The minimum absolute atomic E-state index is 0.0142. The normalized spacial score (nSPS) is 25.5. The lowest BCUT2D eigenvalue weighted by molar-refractivity contribution is 0.191. The van der Waals surface area contributed by atoms with Gasteiger partial charge in [-0.1, -0.05) is 19.0 Å². The van der Waals surface area contributed by atoms with Gasteiger partial charge in [0.1, 0.15) is 0 Å². The standard InChI is InChI=1S/C10H17N3O2S/c1-6(2)16-5-9-12-10(15-13-9)8-3-7(14)4-11-8/h6-8,11,14H,3-5H2,1-2H3/t7?,8-/m0/s1. The summed E-state index contributed by atoms with van der Waals surface area (Å²) in [7, 11) is 0. The average molecular weight is 243 g/mol. The summed E-state index contributed by atoms with van der Waals surface area (Å²) < 4.78 is 5.18. The first-order chi connectivity index (χ1) is 7.65. The van der Waals surface area contributed by atoms with E-state index in [0.29, 0.717) is 24.1 Å². The molecule has 1 aliphatic heterocycles. The van der Waals surface area contributed by atoms with Gasteiger partial charge in [0.25, 0.3) is 0 Å². The van der Waals surface area contributed by atoms with E-state index in [9.17, 15) is 5.11 Å². The maximum absolute atomic E-state index is 9.39. The first-order valence-electron chi connectivity index (χ1n) is 5.50. The van der Waals surface area contributed by atoms with E-state index in [1.807, 2.05) is 0 Å². The monoisotopic (exact) mass is 243 g/mol. The second-order valence-electron chi connectivity index (χ2n) is 4.26. The Kier molecular flexibility index (Phi) is 3.83. The van der Waals surface area contributed by atoms with Crippen molar-refractivity contribution in [1.82, 2.24) is 15.5 Å². The second kappa shape index (κ2) is 5.16. The zero-order valence-corrected chi connectivity index (χ0v) is 10.3. The summed E-state index contributed by atoms with van der Waals surface area (Å²) in [5.74, 6) is 2.10. The highest BCUT2D eigenvalue weighted by Gasteiger charge is 2.27. The van der Waals surface area contributed by atoms with Crippen molar-refractivity contribution in [2.75, 3.05) is 6.54 Å². The number of hydrogen-bond donors (Lipinski definition) is 2. The smallest absolute Gasteiger partial charge is 0.243 e. The Morgan fingerprint density at radius 2 is 2.44 bits per heavy atom. The van der Waals surface area contributed by atoms with Gasteiger partial charge in [0.2, 0.25) is 5.89 Å². The summed E-state index contributed by atoms with van der Waals surface area (Å²) in [5, 5.41) is 17.0. The Morgan fingerprint density at radius 3 is 3.06 bits per heavy atom. The fourth-order valence-corrected chi connectivity index (χ4v) is 2.21. The molecule has 0 amide bonds. The fourth-order valence-electron chi connectivity index (χ4n) is 1.61. The molecule has 1 aliphatic rings. The van der Waals surface area contributed by atoms with Crippen LogP contribution in [0.1, 0.15) is 38.0 Å². The van der Waals surface area contributed by atoms with Crippen LogP contribution in [0.5, 0.6) is 0 Å². The van der Waals surface area contributed by atoms with Gasteiger partial charge in [0, 0.05) is 6.54 Å². The molecule has 0 aliphatic carbocycles. The van der Waals surface area contributed by atoms with Crippen molar-refractivity contribution in [2.24, 2.45) is 0 Å². The van der Waals surface area contributed by atoms with E-state index in [0.717, 1.165) is 11.6 Å². The lowest BCUT2D eigenvalue weighted by atomic mass is 10.2. The number of nitrogens with one attached hydrogen (secondary N) is 1. The second-order valence-corrected chi connectivity index (χ2v) is 5.82. The van der Waals surface area contributed by atoms with Crippen LogP contribution in [0, 0.1) is 0 Å². The Bertz CT molecular complexity index is 343. The van der Waals surface area contributed by atoms with Crippen LogP contribution >= 0.6 is 11.8 Å². The number of rotatable bonds is 4. The van der Waals surface area contributed by atoms with Crippen LogP contribution in [0.4, 0.5) is 0 Å². The molecule has 1 aromatic heterocycles. The van der Waals surface area contributed by atoms with Crippen LogP contribution in [0.2, 0.25) is 0 Å². The summed E-state index contributed by atoms with van der Waals surface area (Å²) in [6.07, 6.45) is 0.351. The van der Waals surface area contributed by atoms with Crippen molar-refractivity contribution < 1.29 is 9.63 Å². The quantitative estimate of drug-likeness (QED) is 0.825. The van der Waals surface area contributed by atoms with E-state index in [1.54, 1.807) is 11.8 Å². The zero-order valence-electron chi connectivity index (χ0n) is 9.51. The fraction of sp³-hybridized carbons (Fsp3) is 0.800. The Hall–Kier alpha value is -0.590. The molecule has 0 aromatic carbocycles. The van der Waals surface area contributed by atoms with Crippen molar-refractivity contribution in [3.05, 3.63) is 11.7 Å². The minimum atomic E-state index is -0.301. The highest BCUT2D eigenvalue weighted by molar-refractivity contribution is 7.99. The molecular formula is C10H17N3O2S. The third-order valence-electron chi connectivity index (χ3n) is 2.44. The van der Waals surface area contributed by atoms with Crippen molar-refractivity contribution in [1.29, 1.82) is 0 Å². The summed E-state index contributed by atoms with van der Waals surface area (Å²) in [4.78, 5) is 4.33. The molecule has 0 spiro atoms. The maximum Gasteiger partial charge on any atom is 0.243 e. The van der Waals surface area contributed by atoms with Crippen LogP contribution in [-0.2, 0) is 5.75 Å². The van der Waals surface area contributed by atoms with Crippen LogP contribution in [-0.4, -0.2) is 33.1 Å². The molecule has 0 bridgehead atoms. The predicted molar refractivity (Wildman–Crippen MR) is 62.1 cm³/mol. The SMILES string of the molecule is CC(C)SCc1noc([C@@H]2CC(O)CN2)n1.